The van der Waals surface area contributed by atoms with Crippen LogP contribution in [0.5, 0.6) is 11.5 Å². The minimum atomic E-state index is -0.0992. The summed E-state index contributed by atoms with van der Waals surface area (Å²) in [5.41, 5.74) is 4.53. The van der Waals surface area contributed by atoms with E-state index in [-0.39, 0.29) is 23.2 Å². The lowest BCUT2D eigenvalue weighted by molar-refractivity contribution is -0.118. The van der Waals surface area contributed by atoms with E-state index in [2.05, 4.69) is 43.0 Å². The highest BCUT2D eigenvalue weighted by molar-refractivity contribution is 6.24. The Morgan fingerprint density at radius 3 is 2.52 bits per heavy atom. The monoisotopic (exact) mass is 398 g/mol. The third kappa shape index (κ3) is 3.00. The zero-order valence-electron chi connectivity index (χ0n) is 17.9. The lowest BCUT2D eigenvalue weighted by Gasteiger charge is -2.51. The van der Waals surface area contributed by atoms with Gasteiger partial charge < -0.3 is 19.6 Å². The molecule has 2 unspecified atom stereocenters. The number of ether oxygens (including phenoxy) is 2. The van der Waals surface area contributed by atoms with Crippen molar-refractivity contribution in [1.29, 1.82) is 0 Å². The van der Waals surface area contributed by atoms with Gasteiger partial charge in [0.1, 0.15) is 0 Å². The Hall–Kier alpha value is -2.50. The lowest BCUT2D eigenvalue weighted by atomic mass is 9.67. The molecule has 0 radical (unpaired) electrons. The smallest absolute Gasteiger partial charge is 0.167 e. The van der Waals surface area contributed by atoms with Gasteiger partial charge in [0.15, 0.2) is 17.3 Å². The molecule has 3 aliphatic rings. The van der Waals surface area contributed by atoms with Crippen LogP contribution in [0, 0.1) is 11.3 Å². The topological polar surface area (TPSA) is 71.4 Å². The lowest BCUT2D eigenvalue weighted by Crippen LogP contribution is -2.50. The summed E-state index contributed by atoms with van der Waals surface area (Å²) in [4.78, 5) is 15.5. The van der Waals surface area contributed by atoms with Gasteiger partial charge in [-0.1, -0.05) is 25.9 Å². The van der Waals surface area contributed by atoms with Crippen LogP contribution in [0.25, 0.3) is 0 Å². The van der Waals surface area contributed by atoms with E-state index in [0.29, 0.717) is 23.5 Å². The molecule has 1 N–H and O–H groups in total. The first-order valence-corrected chi connectivity index (χ1v) is 10.3. The fourth-order valence-electron chi connectivity index (χ4n) is 5.41. The average Bonchev–Trinajstić information content (AvgIpc) is 2.70. The summed E-state index contributed by atoms with van der Waals surface area (Å²) in [5, 5.41) is 13.6. The van der Waals surface area contributed by atoms with Crippen LogP contribution in [0.2, 0.25) is 0 Å². The average molecular weight is 399 g/mol. The number of hydrogen-bond donors (Lipinski definition) is 1. The molecule has 1 aliphatic carbocycles. The predicted molar refractivity (Wildman–Crippen MR) is 111 cm³/mol. The van der Waals surface area contributed by atoms with Crippen molar-refractivity contribution in [1.82, 2.24) is 4.90 Å². The van der Waals surface area contributed by atoms with Gasteiger partial charge in [0.25, 0.3) is 0 Å². The van der Waals surface area contributed by atoms with Crippen molar-refractivity contribution in [2.45, 2.75) is 52.5 Å². The Bertz CT molecular complexity index is 916. The molecule has 0 amide bonds. The molecule has 1 aromatic rings. The molecule has 6 heteroatoms. The van der Waals surface area contributed by atoms with E-state index >= 15 is 0 Å². The second-order valence-electron chi connectivity index (χ2n) is 9.06. The first-order valence-electron chi connectivity index (χ1n) is 10.3. The molecular weight excluding hydrogens is 368 g/mol. The van der Waals surface area contributed by atoms with Crippen LogP contribution in [-0.2, 0) is 11.2 Å². The molecule has 1 aromatic carbocycles. The summed E-state index contributed by atoms with van der Waals surface area (Å²) in [7, 11) is 3.30. The molecule has 0 saturated carbocycles. The van der Waals surface area contributed by atoms with Gasteiger partial charge in [0.05, 0.1) is 31.5 Å². The van der Waals surface area contributed by atoms with Gasteiger partial charge in [0, 0.05) is 24.6 Å². The summed E-state index contributed by atoms with van der Waals surface area (Å²) in [6, 6.07) is 4.15. The maximum absolute atomic E-state index is 13.1. The summed E-state index contributed by atoms with van der Waals surface area (Å²) < 4.78 is 11.1. The molecule has 2 aliphatic heterocycles. The third-order valence-electron chi connectivity index (χ3n) is 6.66. The number of allylic oxidation sites excluding steroid dienone is 2. The molecule has 0 spiro atoms. The number of methoxy groups -OCH3 is 2. The van der Waals surface area contributed by atoms with Gasteiger partial charge in [-0.2, -0.15) is 0 Å². The Morgan fingerprint density at radius 2 is 1.90 bits per heavy atom. The van der Waals surface area contributed by atoms with Crippen LogP contribution in [0.1, 0.15) is 57.2 Å². The number of fused-ring (bicyclic) bond motifs is 4. The number of carbonyl (C=O) groups excluding carboxylic acids is 1. The second-order valence-corrected chi connectivity index (χ2v) is 9.06. The number of benzene rings is 1. The van der Waals surface area contributed by atoms with Crippen molar-refractivity contribution >= 4 is 11.5 Å². The summed E-state index contributed by atoms with van der Waals surface area (Å²) >= 11 is 0. The first-order chi connectivity index (χ1) is 13.8. The minimum absolute atomic E-state index is 0.0231. The fraction of sp³-hybridized carbons (Fsp3) is 0.565. The zero-order valence-corrected chi connectivity index (χ0v) is 17.9. The number of nitrogens with zero attached hydrogens (tertiary/aromatic N) is 2. The molecule has 2 atom stereocenters. The van der Waals surface area contributed by atoms with Crippen LogP contribution in [0.3, 0.4) is 0 Å². The van der Waals surface area contributed by atoms with E-state index < -0.39 is 0 Å². The number of Topliss-reactive ketones (excluding diaryl/α,β-unsaturated/α-hetero) is 1. The highest BCUT2D eigenvalue weighted by Gasteiger charge is 2.48. The maximum Gasteiger partial charge on any atom is 0.167 e. The molecule has 0 saturated heterocycles. The van der Waals surface area contributed by atoms with Crippen molar-refractivity contribution < 1.29 is 19.5 Å². The van der Waals surface area contributed by atoms with E-state index in [9.17, 15) is 10.0 Å². The van der Waals surface area contributed by atoms with E-state index in [0.717, 1.165) is 37.3 Å². The van der Waals surface area contributed by atoms with E-state index in [1.807, 2.05) is 0 Å². The van der Waals surface area contributed by atoms with Crippen molar-refractivity contribution in [3.8, 4) is 11.5 Å². The standard InChI is InChI=1S/C23H30N2O4/c1-6-14-21(24-27)20-16(11-23(2,3)12-17(20)26)25-8-7-13-9-18(28-4)19(29-5)10-15(13)22(14)25/h9-10,14,22,27H,6-8,11-12H2,1-5H3/b24-21-. The largest absolute Gasteiger partial charge is 0.493 e. The highest BCUT2D eigenvalue weighted by atomic mass is 16.5. The third-order valence-corrected chi connectivity index (χ3v) is 6.66. The number of ketones is 1. The van der Waals surface area contributed by atoms with Crippen molar-refractivity contribution in [2.24, 2.45) is 16.5 Å². The van der Waals surface area contributed by atoms with Crippen LogP contribution in [0.4, 0.5) is 0 Å². The molecule has 0 bridgehead atoms. The van der Waals surface area contributed by atoms with Gasteiger partial charge in [-0.3, -0.25) is 4.79 Å². The number of rotatable bonds is 3. The zero-order chi connectivity index (χ0) is 20.9. The molecule has 0 fully saturated rings. The van der Waals surface area contributed by atoms with E-state index in [1.165, 1.54) is 11.1 Å². The van der Waals surface area contributed by atoms with Crippen LogP contribution >= 0.6 is 0 Å². The summed E-state index contributed by atoms with van der Waals surface area (Å²) in [6.45, 7) is 7.20. The van der Waals surface area contributed by atoms with Crippen molar-refractivity contribution in [2.75, 3.05) is 20.8 Å². The Balaban J connectivity index is 1.92. The molecule has 29 heavy (non-hydrogen) atoms. The Kier molecular flexibility index (Phi) is 4.83. The van der Waals surface area contributed by atoms with Crippen molar-refractivity contribution in [3.05, 3.63) is 34.5 Å². The number of oxime groups is 1. The number of hydrogen-bond acceptors (Lipinski definition) is 6. The fourth-order valence-corrected chi connectivity index (χ4v) is 5.41. The van der Waals surface area contributed by atoms with Crippen LogP contribution in [-0.4, -0.2) is 42.4 Å². The van der Waals surface area contributed by atoms with Gasteiger partial charge in [-0.15, -0.1) is 0 Å². The summed E-state index contributed by atoms with van der Waals surface area (Å²) in [5.74, 6) is 1.47. The molecule has 2 heterocycles. The van der Waals surface area contributed by atoms with Crippen LogP contribution in [0.15, 0.2) is 28.6 Å². The first kappa shape index (κ1) is 19.8. The molecule has 156 valence electrons. The van der Waals surface area contributed by atoms with Gasteiger partial charge >= 0.3 is 0 Å². The van der Waals surface area contributed by atoms with E-state index in [1.54, 1.807) is 14.2 Å². The SMILES string of the molecule is CCC1/C(=N/O)C2=C(CC(C)(C)CC2=O)N2CCc3cc(OC)c(OC)cc3C12. The normalized spacial score (nSPS) is 26.7. The van der Waals surface area contributed by atoms with Gasteiger partial charge in [-0.25, -0.2) is 0 Å². The second kappa shape index (κ2) is 7.08. The van der Waals surface area contributed by atoms with Gasteiger partial charge in [0.2, 0.25) is 0 Å². The molecular formula is C23H30N2O4. The minimum Gasteiger partial charge on any atom is -0.493 e. The maximum atomic E-state index is 13.1. The molecule has 0 aromatic heterocycles. The highest BCUT2D eigenvalue weighted by Crippen LogP contribution is 2.51. The number of carbonyl (C=O) groups is 1. The summed E-state index contributed by atoms with van der Waals surface area (Å²) in [6.07, 6.45) is 2.95. The van der Waals surface area contributed by atoms with Crippen LogP contribution < -0.4 is 9.47 Å². The van der Waals surface area contributed by atoms with E-state index in [4.69, 9.17) is 9.47 Å². The quantitative estimate of drug-likeness (QED) is 0.613. The Morgan fingerprint density at radius 1 is 1.21 bits per heavy atom. The predicted octanol–water partition coefficient (Wildman–Crippen LogP) is 4.12. The Labute approximate surface area is 172 Å². The van der Waals surface area contributed by atoms with Gasteiger partial charge in [-0.05, 0) is 47.9 Å². The molecule has 6 nitrogen and oxygen atoms in total. The molecule has 4 rings (SSSR count). The van der Waals surface area contributed by atoms with Crippen molar-refractivity contribution in [3.63, 3.8) is 0 Å².